The molecule has 0 unspecified atom stereocenters. The van der Waals surface area contributed by atoms with Gasteiger partial charge in [-0.2, -0.15) is 5.10 Å². The molecule has 1 aromatic heterocycles. The van der Waals surface area contributed by atoms with E-state index in [0.29, 0.717) is 0 Å². The summed E-state index contributed by atoms with van der Waals surface area (Å²) in [5.74, 6) is 0. The highest BCUT2D eigenvalue weighted by Crippen LogP contribution is 2.13. The first-order valence-electron chi connectivity index (χ1n) is 5.89. The molecule has 0 bridgehead atoms. The van der Waals surface area contributed by atoms with E-state index in [1.54, 1.807) is 17.1 Å². The van der Waals surface area contributed by atoms with Crippen LogP contribution in [-0.2, 0) is 0 Å². The number of hydrogen-bond donors (Lipinski definition) is 0. The van der Waals surface area contributed by atoms with Crippen LogP contribution in [0.25, 0.3) is 5.69 Å². The van der Waals surface area contributed by atoms with Crippen molar-refractivity contribution in [2.75, 3.05) is 0 Å². The Morgan fingerprint density at radius 3 is 2.56 bits per heavy atom. The lowest BCUT2D eigenvalue weighted by Gasteiger charge is -2.19. The van der Waals surface area contributed by atoms with Gasteiger partial charge in [-0.05, 0) is 18.2 Å². The van der Waals surface area contributed by atoms with E-state index in [1.165, 1.54) is 0 Å². The molecule has 1 heterocycles. The molecule has 0 radical (unpaired) electrons. The lowest BCUT2D eigenvalue weighted by Crippen LogP contribution is -2.29. The summed E-state index contributed by atoms with van der Waals surface area (Å²) in [6, 6.07) is 9.55. The van der Waals surface area contributed by atoms with Crippen LogP contribution >= 0.6 is 0 Å². The lowest BCUT2D eigenvalue weighted by molar-refractivity contribution is -0.530. The number of para-hydroxylation sites is 1. The molecule has 0 spiro atoms. The molecule has 0 saturated carbocycles. The smallest absolute Gasteiger partial charge is 0.184 e. The van der Waals surface area contributed by atoms with Crippen molar-refractivity contribution in [1.29, 1.82) is 0 Å². The number of hydrogen-bond acceptors (Lipinski definition) is 2. The Balaban J connectivity index is 2.47. The van der Waals surface area contributed by atoms with E-state index in [9.17, 15) is 5.21 Å². The molecule has 1 aromatic carbocycles. The van der Waals surface area contributed by atoms with Gasteiger partial charge in [-0.25, -0.2) is 9.42 Å². The number of hydroxylamine groups is 1. The highest BCUT2D eigenvalue weighted by Gasteiger charge is 2.18. The van der Waals surface area contributed by atoms with Gasteiger partial charge in [-0.3, -0.25) is 0 Å². The van der Waals surface area contributed by atoms with Gasteiger partial charge in [0.15, 0.2) is 11.8 Å². The van der Waals surface area contributed by atoms with Crippen LogP contribution in [0.4, 0.5) is 0 Å². The molecule has 0 amide bonds. The van der Waals surface area contributed by atoms with E-state index >= 15 is 0 Å². The summed E-state index contributed by atoms with van der Waals surface area (Å²) < 4.78 is 2.72. The quantitative estimate of drug-likeness (QED) is 0.352. The highest BCUT2D eigenvalue weighted by atomic mass is 16.5. The Morgan fingerprint density at radius 1 is 1.22 bits per heavy atom. The first-order valence-corrected chi connectivity index (χ1v) is 5.89. The Labute approximate surface area is 107 Å². The maximum atomic E-state index is 12.0. The van der Waals surface area contributed by atoms with Gasteiger partial charge in [-0.1, -0.05) is 12.1 Å². The first-order chi connectivity index (χ1) is 8.48. The van der Waals surface area contributed by atoms with Crippen LogP contribution in [0, 0.1) is 5.21 Å². The number of aromatic nitrogens is 2. The maximum absolute atomic E-state index is 12.0. The van der Waals surface area contributed by atoms with Crippen molar-refractivity contribution in [3.63, 3.8) is 0 Å². The molecule has 0 fully saturated rings. The molecular weight excluding hydrogens is 226 g/mol. The van der Waals surface area contributed by atoms with E-state index in [4.69, 9.17) is 0 Å². The summed E-state index contributed by atoms with van der Waals surface area (Å²) in [7, 11) is 0. The van der Waals surface area contributed by atoms with Crippen molar-refractivity contribution < 1.29 is 4.74 Å². The van der Waals surface area contributed by atoms with E-state index in [1.807, 2.05) is 57.3 Å². The molecular formula is C14H17N3O. The van der Waals surface area contributed by atoms with Crippen LogP contribution in [-0.4, -0.2) is 26.3 Å². The summed E-state index contributed by atoms with van der Waals surface area (Å²) in [6.45, 7) is 5.65. The monoisotopic (exact) mass is 243 g/mol. The Bertz CT molecular complexity index is 551. The van der Waals surface area contributed by atoms with Crippen molar-refractivity contribution in [2.45, 2.75) is 26.3 Å². The summed E-state index contributed by atoms with van der Waals surface area (Å²) in [5, 5.41) is 16.2. The molecule has 0 aliphatic rings. The molecule has 4 heteroatoms. The fraction of sp³-hybridized carbons (Fsp3) is 0.286. The number of nitrogens with zero attached hydrogens (tertiary/aromatic N) is 3. The first kappa shape index (κ1) is 12.4. The second kappa shape index (κ2) is 4.64. The molecule has 0 aliphatic carbocycles. The van der Waals surface area contributed by atoms with Crippen molar-refractivity contribution in [2.24, 2.45) is 0 Å². The van der Waals surface area contributed by atoms with Gasteiger partial charge >= 0.3 is 0 Å². The zero-order chi connectivity index (χ0) is 13.2. The number of benzene rings is 1. The van der Waals surface area contributed by atoms with Crippen molar-refractivity contribution in [1.82, 2.24) is 9.78 Å². The second-order valence-electron chi connectivity index (χ2n) is 5.14. The summed E-state index contributed by atoms with van der Waals surface area (Å²) in [4.78, 5) is 0. The molecule has 0 saturated heterocycles. The van der Waals surface area contributed by atoms with E-state index in [0.717, 1.165) is 16.0 Å². The molecule has 18 heavy (non-hydrogen) atoms. The third-order valence-corrected chi connectivity index (χ3v) is 2.61. The van der Waals surface area contributed by atoms with Gasteiger partial charge in [0.05, 0.1) is 11.3 Å². The highest BCUT2D eigenvalue weighted by molar-refractivity contribution is 5.81. The molecule has 4 nitrogen and oxygen atoms in total. The van der Waals surface area contributed by atoms with Gasteiger partial charge in [0.2, 0.25) is 0 Å². The molecule has 2 rings (SSSR count). The Morgan fingerprint density at radius 2 is 1.94 bits per heavy atom. The van der Waals surface area contributed by atoms with Gasteiger partial charge in [0, 0.05) is 33.2 Å². The fourth-order valence-corrected chi connectivity index (χ4v) is 1.54. The normalized spacial score (nSPS) is 12.7. The predicted octanol–water partition coefficient (Wildman–Crippen LogP) is 2.60. The third kappa shape index (κ3) is 2.59. The largest absolute Gasteiger partial charge is 0.623 e. The standard InChI is InChI=1S/C14H17N3O/c1-14(2,3)17(18)11-12-7-4-5-8-13(12)16-10-6-9-15-16/h4-11H,1-3H3. The van der Waals surface area contributed by atoms with Crippen LogP contribution in [0.2, 0.25) is 0 Å². The Kier molecular flexibility index (Phi) is 3.19. The van der Waals surface area contributed by atoms with Gasteiger partial charge < -0.3 is 5.21 Å². The lowest BCUT2D eigenvalue weighted by atomic mass is 10.1. The number of rotatable bonds is 2. The minimum Gasteiger partial charge on any atom is -0.623 e. The van der Waals surface area contributed by atoms with Crippen molar-refractivity contribution in [3.8, 4) is 5.69 Å². The van der Waals surface area contributed by atoms with Gasteiger partial charge in [-0.15, -0.1) is 0 Å². The third-order valence-electron chi connectivity index (χ3n) is 2.61. The van der Waals surface area contributed by atoms with Crippen LogP contribution < -0.4 is 0 Å². The van der Waals surface area contributed by atoms with Crippen molar-refractivity contribution in [3.05, 3.63) is 53.5 Å². The van der Waals surface area contributed by atoms with Crippen LogP contribution in [0.1, 0.15) is 26.3 Å². The molecule has 0 N–H and O–H groups in total. The van der Waals surface area contributed by atoms with E-state index in [-0.39, 0.29) is 0 Å². The molecule has 94 valence electrons. The van der Waals surface area contributed by atoms with E-state index < -0.39 is 5.54 Å². The van der Waals surface area contributed by atoms with Crippen LogP contribution in [0.5, 0.6) is 0 Å². The maximum Gasteiger partial charge on any atom is 0.184 e. The zero-order valence-electron chi connectivity index (χ0n) is 10.9. The van der Waals surface area contributed by atoms with Gasteiger partial charge in [0.25, 0.3) is 0 Å². The SMILES string of the molecule is CC(C)(C)[N+]([O-])=Cc1ccccc1-n1cccn1. The average molecular weight is 243 g/mol. The average Bonchev–Trinajstić information content (AvgIpc) is 2.82. The van der Waals surface area contributed by atoms with E-state index in [2.05, 4.69) is 5.10 Å². The summed E-state index contributed by atoms with van der Waals surface area (Å²) in [5.41, 5.74) is 1.30. The Hall–Kier alpha value is -2.10. The summed E-state index contributed by atoms with van der Waals surface area (Å²) >= 11 is 0. The predicted molar refractivity (Wildman–Crippen MR) is 72.1 cm³/mol. The van der Waals surface area contributed by atoms with Crippen molar-refractivity contribution >= 4 is 6.21 Å². The molecule has 0 atom stereocenters. The topological polar surface area (TPSA) is 43.9 Å². The minimum absolute atomic E-state index is 0.447. The zero-order valence-corrected chi connectivity index (χ0v) is 10.9. The molecule has 2 aromatic rings. The van der Waals surface area contributed by atoms with Crippen LogP contribution in [0.3, 0.4) is 0 Å². The second-order valence-corrected chi connectivity index (χ2v) is 5.14. The van der Waals surface area contributed by atoms with Crippen LogP contribution in [0.15, 0.2) is 42.7 Å². The minimum atomic E-state index is -0.447. The fourth-order valence-electron chi connectivity index (χ4n) is 1.54. The summed E-state index contributed by atoms with van der Waals surface area (Å²) in [6.07, 6.45) is 5.19. The van der Waals surface area contributed by atoms with Gasteiger partial charge in [0.1, 0.15) is 0 Å². The molecule has 0 aliphatic heterocycles.